The van der Waals surface area contributed by atoms with Crippen LogP contribution in [0.25, 0.3) is 0 Å². The van der Waals surface area contributed by atoms with E-state index in [1.165, 1.54) is 30.3 Å². The number of sulfone groups is 1. The maximum Gasteiger partial charge on any atom is 0.257 e. The molecule has 0 heterocycles. The predicted molar refractivity (Wildman–Crippen MR) is 78.9 cm³/mol. The molecule has 0 aliphatic heterocycles. The lowest BCUT2D eigenvalue weighted by Gasteiger charge is -2.09. The zero-order chi connectivity index (χ0) is 15.6. The normalized spacial score (nSPS) is 11.2. The minimum absolute atomic E-state index is 0.0108. The zero-order valence-corrected chi connectivity index (χ0v) is 12.5. The summed E-state index contributed by atoms with van der Waals surface area (Å²) in [5.41, 5.74) is -0.0498. The number of para-hydroxylation sites is 1. The molecule has 0 aliphatic carbocycles. The Morgan fingerprint density at radius 1 is 1.19 bits per heavy atom. The molecule has 0 atom stereocenters. The van der Waals surface area contributed by atoms with Gasteiger partial charge in [-0.2, -0.15) is 0 Å². The second-order valence-electron chi connectivity index (χ2n) is 4.35. The number of rotatable bonds is 3. The van der Waals surface area contributed by atoms with Crippen molar-refractivity contribution in [2.24, 2.45) is 0 Å². The van der Waals surface area contributed by atoms with E-state index in [0.29, 0.717) is 0 Å². The fraction of sp³-hybridized carbons (Fsp3) is 0.0714. The second-order valence-corrected chi connectivity index (χ2v) is 6.77. The number of amides is 1. The van der Waals surface area contributed by atoms with E-state index in [1.807, 2.05) is 0 Å². The van der Waals surface area contributed by atoms with E-state index in [4.69, 9.17) is 11.6 Å². The molecule has 110 valence electrons. The van der Waals surface area contributed by atoms with Crippen LogP contribution < -0.4 is 5.32 Å². The first-order valence-corrected chi connectivity index (χ1v) is 8.11. The van der Waals surface area contributed by atoms with Crippen LogP contribution in [0.1, 0.15) is 10.4 Å². The molecule has 1 amide bonds. The molecule has 2 rings (SSSR count). The van der Waals surface area contributed by atoms with Crippen molar-refractivity contribution >= 4 is 33.0 Å². The Hall–Kier alpha value is -1.92. The zero-order valence-electron chi connectivity index (χ0n) is 10.9. The Kier molecular flexibility index (Phi) is 4.29. The summed E-state index contributed by atoms with van der Waals surface area (Å²) in [6, 6.07) is 9.42. The van der Waals surface area contributed by atoms with Gasteiger partial charge >= 0.3 is 0 Å². The molecule has 2 aromatic rings. The summed E-state index contributed by atoms with van der Waals surface area (Å²) in [6.07, 6.45) is 1.02. The lowest BCUT2D eigenvalue weighted by Crippen LogP contribution is -2.14. The molecule has 7 heteroatoms. The average molecular weight is 328 g/mol. The average Bonchev–Trinajstić information content (AvgIpc) is 2.40. The standard InChI is InChI=1S/C14H11ClFNO3S/c1-21(19,20)9-6-7-11(15)10(8-9)14(18)17-13-5-3-2-4-12(13)16/h2-8H,1H3,(H,17,18). The van der Waals surface area contributed by atoms with E-state index in [-0.39, 0.29) is 21.2 Å². The number of anilines is 1. The molecule has 0 fully saturated rings. The Morgan fingerprint density at radius 3 is 2.48 bits per heavy atom. The van der Waals surface area contributed by atoms with Crippen LogP contribution in [0.2, 0.25) is 5.02 Å². The lowest BCUT2D eigenvalue weighted by molar-refractivity contribution is 0.102. The third-order valence-corrected chi connectivity index (χ3v) is 4.17. The van der Waals surface area contributed by atoms with Crippen LogP contribution >= 0.6 is 11.6 Å². The van der Waals surface area contributed by atoms with Crippen molar-refractivity contribution in [3.63, 3.8) is 0 Å². The third kappa shape index (κ3) is 3.59. The highest BCUT2D eigenvalue weighted by Crippen LogP contribution is 2.22. The molecule has 1 N–H and O–H groups in total. The van der Waals surface area contributed by atoms with Crippen molar-refractivity contribution in [2.75, 3.05) is 11.6 Å². The predicted octanol–water partition coefficient (Wildman–Crippen LogP) is 3.13. The Labute approximate surface area is 126 Å². The summed E-state index contributed by atoms with van der Waals surface area (Å²) in [5, 5.41) is 2.43. The van der Waals surface area contributed by atoms with E-state index in [0.717, 1.165) is 12.3 Å². The van der Waals surface area contributed by atoms with Crippen molar-refractivity contribution in [3.05, 3.63) is 58.9 Å². The van der Waals surface area contributed by atoms with E-state index in [1.54, 1.807) is 6.07 Å². The Balaban J connectivity index is 2.38. The molecule has 0 saturated carbocycles. The lowest BCUT2D eigenvalue weighted by atomic mass is 10.2. The van der Waals surface area contributed by atoms with Gasteiger partial charge in [0.2, 0.25) is 0 Å². The van der Waals surface area contributed by atoms with E-state index in [2.05, 4.69) is 5.32 Å². The topological polar surface area (TPSA) is 63.2 Å². The van der Waals surface area contributed by atoms with Gasteiger partial charge in [0.05, 0.1) is 21.2 Å². The van der Waals surface area contributed by atoms with Crippen LogP contribution in [0.4, 0.5) is 10.1 Å². The second kappa shape index (κ2) is 5.83. The molecule has 0 radical (unpaired) electrons. The first-order valence-electron chi connectivity index (χ1n) is 5.84. The molecule has 0 aromatic heterocycles. The van der Waals surface area contributed by atoms with Crippen LogP contribution in [0.3, 0.4) is 0 Å². The van der Waals surface area contributed by atoms with E-state index < -0.39 is 21.6 Å². The van der Waals surface area contributed by atoms with Crippen molar-refractivity contribution in [2.45, 2.75) is 4.90 Å². The molecule has 0 bridgehead atoms. The number of benzene rings is 2. The summed E-state index contributed by atoms with van der Waals surface area (Å²) in [5.74, 6) is -1.28. The quantitative estimate of drug-likeness (QED) is 0.942. The van der Waals surface area contributed by atoms with Crippen molar-refractivity contribution in [1.29, 1.82) is 0 Å². The first kappa shape index (κ1) is 15.5. The van der Waals surface area contributed by atoms with Crippen LogP contribution in [0.15, 0.2) is 47.4 Å². The van der Waals surface area contributed by atoms with E-state index in [9.17, 15) is 17.6 Å². The highest BCUT2D eigenvalue weighted by molar-refractivity contribution is 7.90. The number of hydrogen-bond acceptors (Lipinski definition) is 3. The molecule has 2 aromatic carbocycles. The van der Waals surface area contributed by atoms with Gasteiger partial charge in [0.25, 0.3) is 5.91 Å². The summed E-state index contributed by atoms with van der Waals surface area (Å²) in [7, 11) is -3.47. The fourth-order valence-electron chi connectivity index (χ4n) is 1.66. The van der Waals surface area contributed by atoms with Gasteiger partial charge < -0.3 is 5.32 Å². The first-order chi connectivity index (χ1) is 9.79. The van der Waals surface area contributed by atoms with Crippen molar-refractivity contribution < 1.29 is 17.6 Å². The highest BCUT2D eigenvalue weighted by Gasteiger charge is 2.16. The van der Waals surface area contributed by atoms with E-state index >= 15 is 0 Å². The number of hydrogen-bond donors (Lipinski definition) is 1. The Morgan fingerprint density at radius 2 is 1.86 bits per heavy atom. The number of halogens is 2. The molecule has 0 saturated heterocycles. The fourth-order valence-corrected chi connectivity index (χ4v) is 2.51. The number of nitrogens with one attached hydrogen (secondary N) is 1. The van der Waals surface area contributed by atoms with Gasteiger partial charge in [-0.05, 0) is 30.3 Å². The summed E-state index contributed by atoms with van der Waals surface area (Å²) in [4.78, 5) is 12.1. The van der Waals surface area contributed by atoms with Gasteiger partial charge in [-0.15, -0.1) is 0 Å². The molecule has 0 spiro atoms. The molecule has 4 nitrogen and oxygen atoms in total. The minimum Gasteiger partial charge on any atom is -0.319 e. The molecular weight excluding hydrogens is 317 g/mol. The molecule has 0 aliphatic rings. The molecule has 21 heavy (non-hydrogen) atoms. The molecular formula is C14H11ClFNO3S. The summed E-state index contributed by atoms with van der Waals surface area (Å²) < 4.78 is 36.5. The van der Waals surface area contributed by atoms with Gasteiger partial charge in [-0.1, -0.05) is 23.7 Å². The minimum atomic E-state index is -3.47. The van der Waals surface area contributed by atoms with Gasteiger partial charge in [-0.25, -0.2) is 12.8 Å². The maximum absolute atomic E-state index is 13.5. The SMILES string of the molecule is CS(=O)(=O)c1ccc(Cl)c(C(=O)Nc2ccccc2F)c1. The number of carbonyl (C=O) groups excluding carboxylic acids is 1. The largest absolute Gasteiger partial charge is 0.319 e. The smallest absolute Gasteiger partial charge is 0.257 e. The van der Waals surface area contributed by atoms with Gasteiger partial charge in [0.15, 0.2) is 9.84 Å². The van der Waals surface area contributed by atoms with Gasteiger partial charge in [0.1, 0.15) is 5.82 Å². The van der Waals surface area contributed by atoms with Gasteiger partial charge in [-0.3, -0.25) is 4.79 Å². The molecule has 0 unspecified atom stereocenters. The van der Waals surface area contributed by atoms with Gasteiger partial charge in [0, 0.05) is 6.26 Å². The van der Waals surface area contributed by atoms with Crippen molar-refractivity contribution in [1.82, 2.24) is 0 Å². The van der Waals surface area contributed by atoms with Crippen molar-refractivity contribution in [3.8, 4) is 0 Å². The third-order valence-electron chi connectivity index (χ3n) is 2.73. The summed E-state index contributed by atoms with van der Waals surface area (Å²) >= 11 is 5.90. The van der Waals surface area contributed by atoms with Crippen LogP contribution in [0, 0.1) is 5.82 Å². The van der Waals surface area contributed by atoms with Crippen LogP contribution in [-0.2, 0) is 9.84 Å². The monoisotopic (exact) mass is 327 g/mol. The Bertz CT molecular complexity index is 806. The highest BCUT2D eigenvalue weighted by atomic mass is 35.5. The maximum atomic E-state index is 13.5. The number of carbonyl (C=O) groups is 1. The van der Waals surface area contributed by atoms with Crippen LogP contribution in [0.5, 0.6) is 0 Å². The van der Waals surface area contributed by atoms with Crippen LogP contribution in [-0.4, -0.2) is 20.6 Å². The summed E-state index contributed by atoms with van der Waals surface area (Å²) in [6.45, 7) is 0.